The maximum atomic E-state index is 11.1. The summed E-state index contributed by atoms with van der Waals surface area (Å²) in [6, 6.07) is 17.8. The number of hydrogen-bond donors (Lipinski definition) is 1. The molecule has 0 fully saturated rings. The molecule has 0 unspecified atom stereocenters. The molecule has 0 atom stereocenters. The maximum Gasteiger partial charge on any atom is 0.335 e. The fourth-order valence-electron chi connectivity index (χ4n) is 4.22. The van der Waals surface area contributed by atoms with Gasteiger partial charge >= 0.3 is 5.97 Å². The Hall–Kier alpha value is -2.88. The minimum Gasteiger partial charge on any atom is -0.478 e. The molecule has 3 aromatic rings. The molecule has 1 aromatic heterocycles. The summed E-state index contributed by atoms with van der Waals surface area (Å²) in [7, 11) is 0. The molecule has 4 nitrogen and oxygen atoms in total. The molecule has 32 heavy (non-hydrogen) atoms. The SMILES string of the molecule is CCCCCCCCCCc1n(Cc2ccc(C(=O)O)cc2)cc[n+]1Cc1ccccc1. The van der Waals surface area contributed by atoms with Gasteiger partial charge in [0.1, 0.15) is 25.5 Å². The van der Waals surface area contributed by atoms with Crippen molar-refractivity contribution in [3.8, 4) is 0 Å². The Morgan fingerprint density at radius 1 is 0.844 bits per heavy atom. The van der Waals surface area contributed by atoms with Gasteiger partial charge in [-0.15, -0.1) is 0 Å². The second-order valence-electron chi connectivity index (χ2n) is 8.68. The van der Waals surface area contributed by atoms with E-state index in [9.17, 15) is 4.79 Å². The number of unbranched alkanes of at least 4 members (excludes halogenated alkanes) is 7. The van der Waals surface area contributed by atoms with Gasteiger partial charge in [0.05, 0.1) is 5.56 Å². The lowest BCUT2D eigenvalue weighted by atomic mass is 10.1. The molecule has 0 aliphatic rings. The van der Waals surface area contributed by atoms with Crippen LogP contribution in [-0.2, 0) is 19.5 Å². The van der Waals surface area contributed by atoms with Crippen LogP contribution in [0.2, 0.25) is 0 Å². The Bertz CT molecular complexity index is 945. The first-order chi connectivity index (χ1) is 15.7. The summed E-state index contributed by atoms with van der Waals surface area (Å²) in [6.45, 7) is 3.90. The van der Waals surface area contributed by atoms with Crippen LogP contribution in [0, 0.1) is 0 Å². The first kappa shape index (κ1) is 23.8. The molecule has 0 aliphatic carbocycles. The van der Waals surface area contributed by atoms with Gasteiger partial charge in [-0.25, -0.2) is 13.9 Å². The highest BCUT2D eigenvalue weighted by Crippen LogP contribution is 2.13. The Morgan fingerprint density at radius 2 is 1.50 bits per heavy atom. The van der Waals surface area contributed by atoms with Crippen molar-refractivity contribution in [2.24, 2.45) is 0 Å². The van der Waals surface area contributed by atoms with Crippen molar-refractivity contribution in [2.45, 2.75) is 77.8 Å². The maximum absolute atomic E-state index is 11.1. The van der Waals surface area contributed by atoms with E-state index in [0.717, 1.165) is 25.1 Å². The molecule has 0 aliphatic heterocycles. The number of carboxylic acids is 1. The Kier molecular flexibility index (Phi) is 9.55. The van der Waals surface area contributed by atoms with Gasteiger partial charge in [-0.3, -0.25) is 0 Å². The number of rotatable bonds is 14. The molecule has 0 spiro atoms. The highest BCUT2D eigenvalue weighted by molar-refractivity contribution is 5.87. The third kappa shape index (κ3) is 7.37. The summed E-state index contributed by atoms with van der Waals surface area (Å²) in [5, 5.41) is 9.15. The van der Waals surface area contributed by atoms with Crippen LogP contribution in [0.1, 0.15) is 85.6 Å². The number of aromatic nitrogens is 2. The third-order valence-corrected chi connectivity index (χ3v) is 6.09. The smallest absolute Gasteiger partial charge is 0.335 e. The van der Waals surface area contributed by atoms with Crippen molar-refractivity contribution in [2.75, 3.05) is 0 Å². The summed E-state index contributed by atoms with van der Waals surface area (Å²) < 4.78 is 4.68. The van der Waals surface area contributed by atoms with Crippen molar-refractivity contribution >= 4 is 5.97 Å². The molecule has 0 amide bonds. The molecular formula is C28H37N2O2+. The quantitative estimate of drug-likeness (QED) is 0.241. The van der Waals surface area contributed by atoms with E-state index in [2.05, 4.69) is 58.8 Å². The van der Waals surface area contributed by atoms with Crippen LogP contribution < -0.4 is 4.57 Å². The highest BCUT2D eigenvalue weighted by atomic mass is 16.4. The van der Waals surface area contributed by atoms with E-state index in [4.69, 9.17) is 5.11 Å². The second kappa shape index (κ2) is 12.8. The molecule has 0 bridgehead atoms. The van der Waals surface area contributed by atoms with Crippen LogP contribution in [0.3, 0.4) is 0 Å². The zero-order valence-electron chi connectivity index (χ0n) is 19.4. The van der Waals surface area contributed by atoms with Crippen LogP contribution >= 0.6 is 0 Å². The predicted molar refractivity (Wildman–Crippen MR) is 129 cm³/mol. The zero-order chi connectivity index (χ0) is 22.6. The Morgan fingerprint density at radius 3 is 2.16 bits per heavy atom. The number of nitrogens with zero attached hydrogens (tertiary/aromatic N) is 2. The summed E-state index contributed by atoms with van der Waals surface area (Å²) >= 11 is 0. The van der Waals surface area contributed by atoms with E-state index in [1.54, 1.807) is 12.1 Å². The summed E-state index contributed by atoms with van der Waals surface area (Å²) in [4.78, 5) is 11.1. The average Bonchev–Trinajstić information content (AvgIpc) is 3.17. The number of aromatic carboxylic acids is 1. The molecule has 4 heteroatoms. The number of imidazole rings is 1. The van der Waals surface area contributed by atoms with Crippen LogP contribution in [0.25, 0.3) is 0 Å². The second-order valence-corrected chi connectivity index (χ2v) is 8.68. The van der Waals surface area contributed by atoms with Gasteiger partial charge < -0.3 is 5.11 Å². The largest absolute Gasteiger partial charge is 0.478 e. The van der Waals surface area contributed by atoms with Crippen LogP contribution in [0.4, 0.5) is 0 Å². The molecule has 0 saturated carbocycles. The molecule has 170 valence electrons. The van der Waals surface area contributed by atoms with E-state index >= 15 is 0 Å². The monoisotopic (exact) mass is 433 g/mol. The molecule has 1 heterocycles. The number of carbonyl (C=O) groups is 1. The number of carboxylic acid groups (broad SMARTS) is 1. The van der Waals surface area contributed by atoms with Gasteiger partial charge in [-0.05, 0) is 29.7 Å². The van der Waals surface area contributed by atoms with Crippen LogP contribution in [0.15, 0.2) is 67.0 Å². The lowest BCUT2D eigenvalue weighted by Crippen LogP contribution is -2.38. The van der Waals surface area contributed by atoms with Gasteiger partial charge in [-0.2, -0.15) is 0 Å². The Balaban J connectivity index is 1.65. The lowest BCUT2D eigenvalue weighted by molar-refractivity contribution is -0.695. The Labute approximate surface area is 192 Å². The zero-order valence-corrected chi connectivity index (χ0v) is 19.4. The van der Waals surface area contributed by atoms with E-state index in [0.29, 0.717) is 5.56 Å². The first-order valence-electron chi connectivity index (χ1n) is 12.1. The van der Waals surface area contributed by atoms with E-state index < -0.39 is 5.97 Å². The molecule has 3 rings (SSSR count). The van der Waals surface area contributed by atoms with Crippen molar-refractivity contribution < 1.29 is 14.5 Å². The number of benzene rings is 2. The van der Waals surface area contributed by atoms with Gasteiger partial charge in [0.25, 0.3) is 5.82 Å². The molecule has 1 N–H and O–H groups in total. The standard InChI is InChI=1S/C28H36N2O2/c1-2-3-4-5-6-7-8-12-15-27-29(22-24-13-10-9-11-14-24)20-21-30(27)23-25-16-18-26(19-17-25)28(31)32/h9-11,13-14,16-21H,2-8,12,15,22-23H2,1H3/p+1. The topological polar surface area (TPSA) is 46.1 Å². The van der Waals surface area contributed by atoms with Gasteiger partial charge in [0, 0.05) is 6.42 Å². The minimum absolute atomic E-state index is 0.333. The van der Waals surface area contributed by atoms with Gasteiger partial charge in [0.2, 0.25) is 0 Å². The molecule has 2 aromatic carbocycles. The third-order valence-electron chi connectivity index (χ3n) is 6.09. The van der Waals surface area contributed by atoms with Crippen molar-refractivity contribution in [1.29, 1.82) is 0 Å². The molecule has 0 radical (unpaired) electrons. The van der Waals surface area contributed by atoms with Crippen molar-refractivity contribution in [1.82, 2.24) is 4.57 Å². The highest BCUT2D eigenvalue weighted by Gasteiger charge is 2.18. The fourth-order valence-corrected chi connectivity index (χ4v) is 4.22. The van der Waals surface area contributed by atoms with E-state index in [-0.39, 0.29) is 0 Å². The summed E-state index contributed by atoms with van der Waals surface area (Å²) in [5.74, 6) is 0.454. The fraction of sp³-hybridized carbons (Fsp3) is 0.429. The number of hydrogen-bond acceptors (Lipinski definition) is 1. The van der Waals surface area contributed by atoms with Crippen LogP contribution in [-0.4, -0.2) is 15.6 Å². The summed E-state index contributed by atoms with van der Waals surface area (Å²) in [6.07, 6.45) is 15.9. The normalized spacial score (nSPS) is 11.0. The first-order valence-corrected chi connectivity index (χ1v) is 12.1. The van der Waals surface area contributed by atoms with Gasteiger partial charge in [0.15, 0.2) is 0 Å². The predicted octanol–water partition coefficient (Wildman–Crippen LogP) is 6.25. The van der Waals surface area contributed by atoms with Gasteiger partial charge in [-0.1, -0.05) is 94.3 Å². The molecular weight excluding hydrogens is 396 g/mol. The lowest BCUT2D eigenvalue weighted by Gasteiger charge is -2.07. The van der Waals surface area contributed by atoms with Crippen molar-refractivity contribution in [3.05, 3.63) is 89.5 Å². The van der Waals surface area contributed by atoms with Crippen LogP contribution in [0.5, 0.6) is 0 Å². The van der Waals surface area contributed by atoms with Crippen molar-refractivity contribution in [3.63, 3.8) is 0 Å². The molecule has 0 saturated heterocycles. The minimum atomic E-state index is -0.881. The average molecular weight is 434 g/mol. The van der Waals surface area contributed by atoms with E-state index in [1.807, 2.05) is 12.1 Å². The van der Waals surface area contributed by atoms with E-state index in [1.165, 1.54) is 62.8 Å². The summed E-state index contributed by atoms with van der Waals surface area (Å²) in [5.41, 5.74) is 2.76.